The normalized spacial score (nSPS) is 11.6. The van der Waals surface area contributed by atoms with Gasteiger partial charge >= 0.3 is 6.36 Å². The van der Waals surface area contributed by atoms with Gasteiger partial charge in [0.2, 0.25) is 5.88 Å². The fourth-order valence-corrected chi connectivity index (χ4v) is 1.64. The van der Waals surface area contributed by atoms with Gasteiger partial charge < -0.3 is 10.5 Å². The molecule has 0 aliphatic rings. The van der Waals surface area contributed by atoms with Crippen molar-refractivity contribution in [2.24, 2.45) is 5.73 Å². The van der Waals surface area contributed by atoms with Crippen LogP contribution in [0.5, 0.6) is 5.88 Å². The lowest BCUT2D eigenvalue weighted by Gasteiger charge is -2.10. The number of alkyl halides is 3. The second-order valence-corrected chi connectivity index (χ2v) is 4.02. The molecule has 0 fully saturated rings. The van der Waals surface area contributed by atoms with Crippen LogP contribution in [0, 0.1) is 0 Å². The maximum atomic E-state index is 11.9. The first kappa shape index (κ1) is 12.7. The molecule has 0 aromatic carbocycles. The van der Waals surface area contributed by atoms with Crippen LogP contribution >= 0.6 is 31.9 Å². The van der Waals surface area contributed by atoms with Crippen molar-refractivity contribution in [2.75, 3.05) is 0 Å². The molecular formula is C7H5Br2F3N2O. The Bertz CT molecular complexity index is 370. The summed E-state index contributed by atoms with van der Waals surface area (Å²) in [6.45, 7) is 0.0793. The van der Waals surface area contributed by atoms with Gasteiger partial charge in [0.1, 0.15) is 4.60 Å². The number of nitrogens with two attached hydrogens (primary N) is 1. The van der Waals surface area contributed by atoms with E-state index < -0.39 is 12.2 Å². The van der Waals surface area contributed by atoms with E-state index in [-0.39, 0.29) is 11.1 Å². The van der Waals surface area contributed by atoms with Gasteiger partial charge in [0.15, 0.2) is 0 Å². The van der Waals surface area contributed by atoms with E-state index in [0.29, 0.717) is 10.0 Å². The first-order valence-corrected chi connectivity index (χ1v) is 5.23. The number of ether oxygens (including phenoxy) is 1. The van der Waals surface area contributed by atoms with Crippen LogP contribution < -0.4 is 10.5 Å². The van der Waals surface area contributed by atoms with Crippen molar-refractivity contribution in [1.82, 2.24) is 4.98 Å². The van der Waals surface area contributed by atoms with Crippen LogP contribution in [0.15, 0.2) is 15.1 Å². The van der Waals surface area contributed by atoms with E-state index in [9.17, 15) is 13.2 Å². The maximum absolute atomic E-state index is 11.9. The van der Waals surface area contributed by atoms with E-state index in [1.165, 1.54) is 0 Å². The lowest BCUT2D eigenvalue weighted by Crippen LogP contribution is -2.18. The van der Waals surface area contributed by atoms with Crippen molar-refractivity contribution in [3.63, 3.8) is 0 Å². The number of hydrogen-bond acceptors (Lipinski definition) is 3. The number of nitrogens with zero attached hydrogens (tertiary/aromatic N) is 1. The van der Waals surface area contributed by atoms with Crippen molar-refractivity contribution in [3.05, 3.63) is 20.7 Å². The summed E-state index contributed by atoms with van der Waals surface area (Å²) in [4.78, 5) is 3.54. The van der Waals surface area contributed by atoms with Crippen molar-refractivity contribution in [1.29, 1.82) is 0 Å². The predicted molar refractivity (Wildman–Crippen MR) is 54.2 cm³/mol. The molecule has 0 saturated heterocycles. The fraction of sp³-hybridized carbons (Fsp3) is 0.286. The third kappa shape index (κ3) is 3.62. The van der Waals surface area contributed by atoms with Gasteiger partial charge in [-0.3, -0.25) is 0 Å². The van der Waals surface area contributed by atoms with Crippen LogP contribution in [0.3, 0.4) is 0 Å². The Balaban J connectivity index is 3.06. The Hall–Kier alpha value is -0.340. The second kappa shape index (κ2) is 4.67. The molecule has 0 bridgehead atoms. The highest BCUT2D eigenvalue weighted by Gasteiger charge is 2.32. The summed E-state index contributed by atoms with van der Waals surface area (Å²) in [6.07, 6.45) is -4.76. The second-order valence-electron chi connectivity index (χ2n) is 2.48. The average molecular weight is 350 g/mol. The topological polar surface area (TPSA) is 48.1 Å². The molecule has 15 heavy (non-hydrogen) atoms. The highest BCUT2D eigenvalue weighted by molar-refractivity contribution is 9.13. The van der Waals surface area contributed by atoms with Crippen molar-refractivity contribution < 1.29 is 17.9 Å². The summed E-state index contributed by atoms with van der Waals surface area (Å²) < 4.78 is 40.1. The van der Waals surface area contributed by atoms with E-state index in [2.05, 4.69) is 41.6 Å². The Kier molecular flexibility index (Phi) is 3.96. The number of rotatable bonds is 2. The Labute approximate surface area is 100 Å². The fourth-order valence-electron chi connectivity index (χ4n) is 0.842. The molecule has 0 unspecified atom stereocenters. The third-order valence-electron chi connectivity index (χ3n) is 1.41. The van der Waals surface area contributed by atoms with E-state index in [1.54, 1.807) is 0 Å². The summed E-state index contributed by atoms with van der Waals surface area (Å²) in [5.41, 5.74) is 5.81. The van der Waals surface area contributed by atoms with Crippen molar-refractivity contribution >= 4 is 31.9 Å². The van der Waals surface area contributed by atoms with Crippen molar-refractivity contribution in [2.45, 2.75) is 12.9 Å². The van der Waals surface area contributed by atoms with E-state index in [4.69, 9.17) is 5.73 Å². The maximum Gasteiger partial charge on any atom is 0.574 e. The van der Waals surface area contributed by atoms with Crippen LogP contribution in [0.4, 0.5) is 13.2 Å². The molecule has 84 valence electrons. The molecule has 1 aromatic heterocycles. The quantitative estimate of drug-likeness (QED) is 0.835. The van der Waals surface area contributed by atoms with Gasteiger partial charge in [-0.1, -0.05) is 0 Å². The van der Waals surface area contributed by atoms with E-state index >= 15 is 0 Å². The standard InChI is InChI=1S/C7H5Br2F3N2O/c8-5-3(2-13)1-4(14-6(5)9)15-7(10,11)12/h1H,2,13H2. The van der Waals surface area contributed by atoms with Crippen LogP contribution in [0.1, 0.15) is 5.56 Å². The SMILES string of the molecule is NCc1cc(OC(F)(F)F)nc(Br)c1Br. The average Bonchev–Trinajstić information content (AvgIpc) is 2.08. The molecular weight excluding hydrogens is 345 g/mol. The summed E-state index contributed by atoms with van der Waals surface area (Å²) in [7, 11) is 0. The van der Waals surface area contributed by atoms with Gasteiger partial charge in [-0.2, -0.15) is 0 Å². The number of halogens is 5. The molecule has 0 aliphatic heterocycles. The summed E-state index contributed by atoms with van der Waals surface area (Å²) in [6, 6.07) is 1.13. The molecule has 1 rings (SSSR count). The number of aromatic nitrogens is 1. The number of pyridine rings is 1. The molecule has 0 amide bonds. The van der Waals surface area contributed by atoms with Crippen LogP contribution in [-0.2, 0) is 6.54 Å². The lowest BCUT2D eigenvalue weighted by atomic mass is 10.3. The Morgan fingerprint density at radius 2 is 2.00 bits per heavy atom. The summed E-state index contributed by atoms with van der Waals surface area (Å²) in [5, 5.41) is 0. The molecule has 2 N–H and O–H groups in total. The molecule has 1 heterocycles. The van der Waals surface area contributed by atoms with Gasteiger partial charge in [-0.25, -0.2) is 4.98 Å². The highest BCUT2D eigenvalue weighted by Crippen LogP contribution is 2.30. The largest absolute Gasteiger partial charge is 0.574 e. The van der Waals surface area contributed by atoms with Gasteiger partial charge in [0.25, 0.3) is 0 Å². The third-order valence-corrected chi connectivity index (χ3v) is 3.40. The minimum atomic E-state index is -4.76. The predicted octanol–water partition coefficient (Wildman–Crippen LogP) is 2.96. The van der Waals surface area contributed by atoms with Gasteiger partial charge in [-0.05, 0) is 37.4 Å². The lowest BCUT2D eigenvalue weighted by molar-refractivity contribution is -0.276. The molecule has 0 radical (unpaired) electrons. The zero-order valence-corrected chi connectivity index (χ0v) is 10.3. The smallest absolute Gasteiger partial charge is 0.388 e. The first-order valence-electron chi connectivity index (χ1n) is 3.64. The minimum Gasteiger partial charge on any atom is -0.388 e. The highest BCUT2D eigenvalue weighted by atomic mass is 79.9. The first-order chi connectivity index (χ1) is 6.83. The zero-order valence-electron chi connectivity index (χ0n) is 7.11. The van der Waals surface area contributed by atoms with Crippen LogP contribution in [-0.4, -0.2) is 11.3 Å². The van der Waals surface area contributed by atoms with Crippen molar-refractivity contribution in [3.8, 4) is 5.88 Å². The van der Waals surface area contributed by atoms with Crippen LogP contribution in [0.25, 0.3) is 0 Å². The Morgan fingerprint density at radius 1 is 1.40 bits per heavy atom. The minimum absolute atomic E-state index is 0.0793. The molecule has 8 heteroatoms. The van der Waals surface area contributed by atoms with E-state index in [1.807, 2.05) is 0 Å². The van der Waals surface area contributed by atoms with Gasteiger partial charge in [0, 0.05) is 12.6 Å². The zero-order chi connectivity index (χ0) is 11.6. The van der Waals surface area contributed by atoms with Crippen LogP contribution in [0.2, 0.25) is 0 Å². The molecule has 0 aliphatic carbocycles. The van der Waals surface area contributed by atoms with Gasteiger partial charge in [0.05, 0.1) is 4.47 Å². The summed E-state index contributed by atoms with van der Waals surface area (Å²) >= 11 is 6.11. The Morgan fingerprint density at radius 3 is 2.47 bits per heavy atom. The van der Waals surface area contributed by atoms with E-state index in [0.717, 1.165) is 6.07 Å². The molecule has 3 nitrogen and oxygen atoms in total. The molecule has 0 atom stereocenters. The number of hydrogen-bond donors (Lipinski definition) is 1. The molecule has 0 spiro atoms. The molecule has 1 aromatic rings. The monoisotopic (exact) mass is 348 g/mol. The molecule has 0 saturated carbocycles. The summed E-state index contributed by atoms with van der Waals surface area (Å²) in [5.74, 6) is -0.543. The van der Waals surface area contributed by atoms with Gasteiger partial charge in [-0.15, -0.1) is 13.2 Å².